The lowest BCUT2D eigenvalue weighted by molar-refractivity contribution is 0.224. The molecule has 0 unspecified atom stereocenters. The van der Waals surface area contributed by atoms with Crippen molar-refractivity contribution in [2.24, 2.45) is 11.8 Å². The highest BCUT2D eigenvalue weighted by Crippen LogP contribution is 2.45. The van der Waals surface area contributed by atoms with Crippen LogP contribution in [-0.4, -0.2) is 48.2 Å². The van der Waals surface area contributed by atoms with Crippen LogP contribution in [0.1, 0.15) is 34.7 Å². The zero-order chi connectivity index (χ0) is 19.5. The van der Waals surface area contributed by atoms with Gasteiger partial charge in [-0.25, -0.2) is 0 Å². The first-order valence-corrected chi connectivity index (χ1v) is 10.3. The monoisotopic (exact) mass is 446 g/mol. The van der Waals surface area contributed by atoms with E-state index in [-0.39, 0.29) is 31.4 Å². The molecular weight excluding hydrogens is 415 g/mol. The van der Waals surface area contributed by atoms with E-state index in [2.05, 4.69) is 84.1 Å². The molecule has 2 aliphatic heterocycles. The van der Waals surface area contributed by atoms with Gasteiger partial charge in [0, 0.05) is 44.2 Å². The van der Waals surface area contributed by atoms with Gasteiger partial charge in [0.1, 0.15) is 0 Å². The number of halogens is 2. The average molecular weight is 447 g/mol. The van der Waals surface area contributed by atoms with Crippen molar-refractivity contribution in [2.45, 2.75) is 25.9 Å². The number of rotatable bonds is 4. The summed E-state index contributed by atoms with van der Waals surface area (Å²) in [5.41, 5.74) is 5.30. The van der Waals surface area contributed by atoms with E-state index < -0.39 is 0 Å². The van der Waals surface area contributed by atoms with Gasteiger partial charge in [-0.2, -0.15) is 0 Å². The van der Waals surface area contributed by atoms with Crippen LogP contribution in [0.2, 0.25) is 0 Å². The quantitative estimate of drug-likeness (QED) is 0.708. The molecule has 0 bridgehead atoms. The second-order valence-electron chi connectivity index (χ2n) is 8.33. The fourth-order valence-electron chi connectivity index (χ4n) is 5.04. The highest BCUT2D eigenvalue weighted by atomic mass is 35.5. The van der Waals surface area contributed by atoms with Crippen molar-refractivity contribution in [1.82, 2.24) is 9.80 Å². The molecule has 2 aromatic rings. The summed E-state index contributed by atoms with van der Waals surface area (Å²) in [7, 11) is 2.29. The molecule has 3 nitrogen and oxygen atoms in total. The molecule has 0 amide bonds. The Labute approximate surface area is 193 Å². The number of hydrogen-bond donors (Lipinski definition) is 1. The average Bonchev–Trinajstić information content (AvgIpc) is 3.20. The zero-order valence-electron chi connectivity index (χ0n) is 17.8. The van der Waals surface area contributed by atoms with Gasteiger partial charge in [0.2, 0.25) is 0 Å². The molecule has 1 N–H and O–H groups in total. The van der Waals surface area contributed by atoms with Crippen molar-refractivity contribution in [2.75, 3.05) is 33.3 Å². The fourth-order valence-corrected chi connectivity index (χ4v) is 5.04. The Morgan fingerprint density at radius 3 is 2.43 bits per heavy atom. The Hall–Kier alpha value is -1.54. The highest BCUT2D eigenvalue weighted by Gasteiger charge is 2.46. The van der Waals surface area contributed by atoms with Gasteiger partial charge in [-0.05, 0) is 54.6 Å². The molecule has 0 radical (unpaired) electrons. The molecule has 2 aliphatic rings. The minimum atomic E-state index is 0. The molecule has 162 valence electrons. The standard InChI is InChI=1S/C25H30N2O.2ClH/c1-19-7-3-4-9-23(19)25-24-18-27(17-22(24)16-26(25)2)15-21-12-10-20(11-13-21)8-5-6-14-28;;/h3-4,7,9-13,22,24-25,28H,6,14-18H2,1-2H3;2*1H/t22-,24+,25-;;/m0../s1. The molecule has 4 rings (SSSR count). The van der Waals surface area contributed by atoms with Crippen molar-refractivity contribution in [1.29, 1.82) is 0 Å². The van der Waals surface area contributed by atoms with Crippen LogP contribution < -0.4 is 0 Å². The second kappa shape index (κ2) is 11.2. The van der Waals surface area contributed by atoms with Crippen LogP contribution >= 0.6 is 24.8 Å². The van der Waals surface area contributed by atoms with E-state index >= 15 is 0 Å². The fraction of sp³-hybridized carbons (Fsp3) is 0.440. The van der Waals surface area contributed by atoms with Crippen molar-refractivity contribution >= 4 is 24.8 Å². The van der Waals surface area contributed by atoms with Gasteiger partial charge in [0.15, 0.2) is 0 Å². The maximum atomic E-state index is 8.83. The third kappa shape index (κ3) is 5.38. The molecule has 2 fully saturated rings. The predicted octanol–water partition coefficient (Wildman–Crippen LogP) is 4.31. The summed E-state index contributed by atoms with van der Waals surface area (Å²) in [5, 5.41) is 8.83. The number of aliphatic hydroxyl groups is 1. The summed E-state index contributed by atoms with van der Waals surface area (Å²) >= 11 is 0. The minimum Gasteiger partial charge on any atom is -0.395 e. The Morgan fingerprint density at radius 2 is 1.73 bits per heavy atom. The Kier molecular flexibility index (Phi) is 9.22. The third-order valence-corrected chi connectivity index (χ3v) is 6.31. The maximum absolute atomic E-state index is 8.83. The van der Waals surface area contributed by atoms with E-state index in [1.54, 1.807) is 0 Å². The van der Waals surface area contributed by atoms with Crippen LogP contribution in [0.4, 0.5) is 0 Å². The molecule has 0 aliphatic carbocycles. The SMILES string of the molecule is Cc1ccccc1[C@H]1[C@@H]2CN(Cc3ccc(C#CCCO)cc3)C[C@@H]2CN1C.Cl.Cl. The highest BCUT2D eigenvalue weighted by molar-refractivity contribution is 5.85. The van der Waals surface area contributed by atoms with Gasteiger partial charge < -0.3 is 5.11 Å². The predicted molar refractivity (Wildman–Crippen MR) is 128 cm³/mol. The molecule has 2 heterocycles. The van der Waals surface area contributed by atoms with Crippen molar-refractivity contribution in [3.05, 3.63) is 70.8 Å². The number of likely N-dealkylation sites (tertiary alicyclic amines) is 2. The number of fused-ring (bicyclic) bond motifs is 1. The van der Waals surface area contributed by atoms with E-state index in [9.17, 15) is 0 Å². The molecule has 0 aromatic heterocycles. The molecule has 3 atom stereocenters. The summed E-state index contributed by atoms with van der Waals surface area (Å²) in [6.07, 6.45) is 0.537. The zero-order valence-corrected chi connectivity index (χ0v) is 19.4. The van der Waals surface area contributed by atoms with E-state index in [1.807, 2.05) is 0 Å². The lowest BCUT2D eigenvalue weighted by Gasteiger charge is -2.28. The van der Waals surface area contributed by atoms with Crippen LogP contribution in [0.25, 0.3) is 0 Å². The van der Waals surface area contributed by atoms with Gasteiger partial charge in [0.05, 0.1) is 6.61 Å². The van der Waals surface area contributed by atoms with Crippen molar-refractivity contribution in [3.63, 3.8) is 0 Å². The van der Waals surface area contributed by atoms with Crippen molar-refractivity contribution in [3.8, 4) is 11.8 Å². The molecule has 2 saturated heterocycles. The van der Waals surface area contributed by atoms with Crippen LogP contribution in [0.15, 0.2) is 48.5 Å². The van der Waals surface area contributed by atoms with Gasteiger partial charge >= 0.3 is 0 Å². The lowest BCUT2D eigenvalue weighted by atomic mass is 9.88. The summed E-state index contributed by atoms with van der Waals surface area (Å²) in [4.78, 5) is 5.19. The molecule has 0 spiro atoms. The number of aliphatic hydroxyl groups excluding tert-OH is 1. The number of hydrogen-bond acceptors (Lipinski definition) is 3. The topological polar surface area (TPSA) is 26.7 Å². The van der Waals surface area contributed by atoms with E-state index in [0.717, 1.165) is 23.9 Å². The van der Waals surface area contributed by atoms with Gasteiger partial charge in [-0.1, -0.05) is 48.2 Å². The number of nitrogens with zero attached hydrogens (tertiary/aromatic N) is 2. The summed E-state index contributed by atoms with van der Waals surface area (Å²) in [6, 6.07) is 18.0. The van der Waals surface area contributed by atoms with Gasteiger partial charge in [-0.3, -0.25) is 9.80 Å². The second-order valence-corrected chi connectivity index (χ2v) is 8.33. The Bertz CT molecular complexity index is 875. The summed E-state index contributed by atoms with van der Waals surface area (Å²) in [5.74, 6) is 7.57. The molecule has 30 heavy (non-hydrogen) atoms. The largest absolute Gasteiger partial charge is 0.395 e. The van der Waals surface area contributed by atoms with Crippen molar-refractivity contribution < 1.29 is 5.11 Å². The van der Waals surface area contributed by atoms with Crippen LogP contribution in [0, 0.1) is 30.6 Å². The normalized spacial score (nSPS) is 23.1. The van der Waals surface area contributed by atoms with E-state index in [4.69, 9.17) is 5.11 Å². The first-order chi connectivity index (χ1) is 13.7. The third-order valence-electron chi connectivity index (χ3n) is 6.31. The molecule has 0 saturated carbocycles. The minimum absolute atomic E-state index is 0. The first kappa shape index (κ1) is 24.7. The lowest BCUT2D eigenvalue weighted by Crippen LogP contribution is -2.29. The van der Waals surface area contributed by atoms with Crippen LogP contribution in [0.3, 0.4) is 0 Å². The number of aryl methyl sites for hydroxylation is 1. The number of benzene rings is 2. The van der Waals surface area contributed by atoms with Gasteiger partial charge in [0.25, 0.3) is 0 Å². The Morgan fingerprint density at radius 1 is 1.00 bits per heavy atom. The first-order valence-electron chi connectivity index (χ1n) is 10.3. The molecular formula is C25H32Cl2N2O. The molecule has 5 heteroatoms. The van der Waals surface area contributed by atoms with Crippen LogP contribution in [-0.2, 0) is 6.54 Å². The summed E-state index contributed by atoms with van der Waals surface area (Å²) in [6.45, 7) is 6.94. The van der Waals surface area contributed by atoms with E-state index in [0.29, 0.717) is 12.5 Å². The summed E-state index contributed by atoms with van der Waals surface area (Å²) < 4.78 is 0. The molecule has 2 aromatic carbocycles. The smallest absolute Gasteiger partial charge is 0.0540 e. The van der Waals surface area contributed by atoms with E-state index in [1.165, 1.54) is 36.3 Å². The van der Waals surface area contributed by atoms with Gasteiger partial charge in [-0.15, -0.1) is 24.8 Å². The maximum Gasteiger partial charge on any atom is 0.0540 e. The Balaban J connectivity index is 0.00000160. The van der Waals surface area contributed by atoms with Crippen LogP contribution in [0.5, 0.6) is 0 Å².